The molecule has 0 spiro atoms. The van der Waals surface area contributed by atoms with Crippen LogP contribution in [0.25, 0.3) is 0 Å². The minimum absolute atomic E-state index is 0.176. The van der Waals surface area contributed by atoms with Crippen molar-refractivity contribution < 1.29 is 4.79 Å². The maximum Gasteiger partial charge on any atom is 0.237 e. The Morgan fingerprint density at radius 3 is 1.94 bits per heavy atom. The maximum absolute atomic E-state index is 13.2. The highest BCUT2D eigenvalue weighted by Crippen LogP contribution is 2.22. The normalized spacial score (nSPS) is 11.4. The lowest BCUT2D eigenvalue weighted by molar-refractivity contribution is -0.133. The summed E-state index contributed by atoms with van der Waals surface area (Å²) in [4.78, 5) is 22.2. The largest absolute Gasteiger partial charge is 0.331 e. The van der Waals surface area contributed by atoms with E-state index in [9.17, 15) is 4.79 Å². The average Bonchev–Trinajstić information content (AvgIpc) is 3.57. The first-order valence-corrected chi connectivity index (χ1v) is 15.5. The van der Waals surface area contributed by atoms with Gasteiger partial charge >= 0.3 is 0 Å². The monoisotopic (exact) mass is 537 g/mol. The molecule has 0 saturated heterocycles. The van der Waals surface area contributed by atoms with E-state index in [1.54, 1.807) is 45.8 Å². The van der Waals surface area contributed by atoms with Crippen molar-refractivity contribution in [1.82, 2.24) is 14.1 Å². The minimum Gasteiger partial charge on any atom is -0.331 e. The topological polar surface area (TPSA) is 26.8 Å². The van der Waals surface area contributed by atoms with Crippen molar-refractivity contribution in [3.8, 4) is 0 Å². The molecule has 0 unspecified atom stereocenters. The van der Waals surface area contributed by atoms with Crippen LogP contribution in [-0.4, -0.2) is 58.7 Å². The van der Waals surface area contributed by atoms with Crippen LogP contribution >= 0.6 is 57.7 Å². The quantitative estimate of drug-likeness (QED) is 0.210. The van der Waals surface area contributed by atoms with Gasteiger partial charge in [-0.3, -0.25) is 9.69 Å². The van der Waals surface area contributed by atoms with Gasteiger partial charge in [0.25, 0.3) is 0 Å². The number of thiophene rings is 3. The van der Waals surface area contributed by atoms with E-state index >= 15 is 0 Å². The molecule has 0 aliphatic heterocycles. The van der Waals surface area contributed by atoms with Gasteiger partial charge in [-0.05, 0) is 52.5 Å². The van der Waals surface area contributed by atoms with E-state index in [4.69, 9.17) is 0 Å². The zero-order valence-corrected chi connectivity index (χ0v) is 23.2. The van der Waals surface area contributed by atoms with Crippen molar-refractivity contribution in [3.05, 3.63) is 78.7 Å². The zero-order chi connectivity index (χ0) is 23.5. The molecule has 9 heteroatoms. The third-order valence-corrected chi connectivity index (χ3v) is 9.19. The first-order chi connectivity index (χ1) is 16.0. The van der Waals surface area contributed by atoms with Crippen LogP contribution in [0.4, 0.5) is 0 Å². The highest BCUT2D eigenvalue weighted by atomic mass is 32.2. The Morgan fingerprint density at radius 2 is 1.45 bits per heavy atom. The van der Waals surface area contributed by atoms with Gasteiger partial charge in [-0.25, -0.2) is 4.31 Å². The van der Waals surface area contributed by atoms with Gasteiger partial charge in [0.1, 0.15) is 0 Å². The summed E-state index contributed by atoms with van der Waals surface area (Å²) in [6.45, 7) is 8.56. The Kier molecular flexibility index (Phi) is 11.5. The molecule has 0 aliphatic carbocycles. The highest BCUT2D eigenvalue weighted by Gasteiger charge is 2.18. The molecule has 0 radical (unpaired) electrons. The third kappa shape index (κ3) is 9.60. The molecule has 0 fully saturated rings. The van der Waals surface area contributed by atoms with E-state index in [2.05, 4.69) is 62.4 Å². The molecule has 0 aromatic carbocycles. The molecule has 178 valence electrons. The predicted octanol–water partition coefficient (Wildman–Crippen LogP) is 6.36. The van der Waals surface area contributed by atoms with Gasteiger partial charge in [0.05, 0.1) is 19.6 Å². The van der Waals surface area contributed by atoms with E-state index in [0.29, 0.717) is 19.6 Å². The molecule has 33 heavy (non-hydrogen) atoms. The number of nitrogens with zero attached hydrogens (tertiary/aromatic N) is 3. The van der Waals surface area contributed by atoms with E-state index in [1.807, 2.05) is 36.0 Å². The first-order valence-electron chi connectivity index (χ1n) is 10.7. The van der Waals surface area contributed by atoms with Crippen LogP contribution in [0.3, 0.4) is 0 Å². The van der Waals surface area contributed by atoms with E-state index in [-0.39, 0.29) is 5.91 Å². The van der Waals surface area contributed by atoms with Crippen LogP contribution in [0.2, 0.25) is 0 Å². The molecule has 3 rings (SSSR count). The van der Waals surface area contributed by atoms with Gasteiger partial charge < -0.3 is 4.90 Å². The Hall–Kier alpha value is -1.07. The summed E-state index contributed by atoms with van der Waals surface area (Å²) >= 11 is 8.75. The van der Waals surface area contributed by atoms with Crippen molar-refractivity contribution >= 4 is 63.6 Å². The molecule has 1 amide bonds. The average molecular weight is 538 g/mol. The van der Waals surface area contributed by atoms with Crippen LogP contribution in [-0.2, 0) is 24.4 Å². The van der Waals surface area contributed by atoms with Gasteiger partial charge in [0.15, 0.2) is 0 Å². The summed E-state index contributed by atoms with van der Waals surface area (Å²) < 4.78 is 2.38. The summed E-state index contributed by atoms with van der Waals surface area (Å²) in [5, 5.41) is 6.26. The molecule has 0 atom stereocenters. The SMILES string of the molecule is C=C(CN(Cc1cccs1)SCCN(C)CC(=O)N(Cc1cccs1)Cc1cccs1)SC. The van der Waals surface area contributed by atoms with Crippen LogP contribution in [0.5, 0.6) is 0 Å². The number of carbonyl (C=O) groups is 1. The zero-order valence-electron chi connectivity index (χ0n) is 19.1. The lowest BCUT2D eigenvalue weighted by atomic mass is 10.3. The second-order valence-electron chi connectivity index (χ2n) is 7.60. The number of hydrogen-bond acceptors (Lipinski definition) is 8. The van der Waals surface area contributed by atoms with Crippen molar-refractivity contribution in [3.63, 3.8) is 0 Å². The first kappa shape index (κ1) is 26.5. The smallest absolute Gasteiger partial charge is 0.237 e. The fourth-order valence-corrected chi connectivity index (χ4v) is 6.87. The van der Waals surface area contributed by atoms with Crippen molar-refractivity contribution in [1.29, 1.82) is 0 Å². The third-order valence-electron chi connectivity index (χ3n) is 4.91. The van der Waals surface area contributed by atoms with E-state index < -0.39 is 0 Å². The fraction of sp³-hybridized carbons (Fsp3) is 0.375. The second-order valence-corrected chi connectivity index (χ2v) is 12.9. The van der Waals surface area contributed by atoms with Crippen LogP contribution in [0, 0.1) is 0 Å². The van der Waals surface area contributed by atoms with Crippen molar-refractivity contribution in [2.45, 2.75) is 19.6 Å². The Bertz CT molecular complexity index is 905. The predicted molar refractivity (Wildman–Crippen MR) is 150 cm³/mol. The molecule has 0 bridgehead atoms. The van der Waals surface area contributed by atoms with Crippen molar-refractivity contribution in [2.24, 2.45) is 0 Å². The van der Waals surface area contributed by atoms with Crippen LogP contribution in [0.1, 0.15) is 14.6 Å². The summed E-state index contributed by atoms with van der Waals surface area (Å²) in [5.41, 5.74) is 0. The van der Waals surface area contributed by atoms with Gasteiger partial charge in [0.2, 0.25) is 5.91 Å². The van der Waals surface area contributed by atoms with E-state index in [0.717, 1.165) is 25.4 Å². The second kappa shape index (κ2) is 14.4. The van der Waals surface area contributed by atoms with E-state index in [1.165, 1.54) is 19.5 Å². The fourth-order valence-electron chi connectivity index (χ4n) is 3.13. The standard InChI is InChI=1S/C24H31N3OS5/c1-20(29-3)15-27(18-23-9-6-13-32-23)33-14-10-25(2)19-24(28)26(16-21-7-4-11-30-21)17-22-8-5-12-31-22/h4-9,11-13H,1,10,14-19H2,2-3H3. The molecule has 0 aliphatic rings. The molecule has 0 saturated carbocycles. The maximum atomic E-state index is 13.2. The Labute approximate surface area is 218 Å². The minimum atomic E-state index is 0.176. The molecule has 3 aromatic heterocycles. The molecule has 3 aromatic rings. The van der Waals surface area contributed by atoms with Gasteiger partial charge in [-0.2, -0.15) is 0 Å². The number of thioether (sulfide) groups is 1. The Balaban J connectivity index is 1.49. The van der Waals surface area contributed by atoms with Gasteiger partial charge in [-0.1, -0.05) is 36.7 Å². The number of carbonyl (C=O) groups excluding carboxylic acids is 1. The lowest BCUT2D eigenvalue weighted by Gasteiger charge is -2.26. The summed E-state index contributed by atoms with van der Waals surface area (Å²) in [7, 11) is 2.04. The van der Waals surface area contributed by atoms with Gasteiger partial charge in [0, 0.05) is 40.0 Å². The number of amides is 1. The molecular formula is C24H31N3OS5. The highest BCUT2D eigenvalue weighted by molar-refractivity contribution is 8.02. The number of rotatable bonds is 15. The summed E-state index contributed by atoms with van der Waals surface area (Å²) in [6.07, 6.45) is 2.08. The molecule has 4 nitrogen and oxygen atoms in total. The van der Waals surface area contributed by atoms with Crippen molar-refractivity contribution in [2.75, 3.05) is 38.7 Å². The van der Waals surface area contributed by atoms with Crippen LogP contribution < -0.4 is 0 Å². The Morgan fingerprint density at radius 1 is 0.909 bits per heavy atom. The molecule has 0 N–H and O–H groups in total. The molecular weight excluding hydrogens is 507 g/mol. The summed E-state index contributed by atoms with van der Waals surface area (Å²) in [5.74, 6) is 1.11. The molecule has 3 heterocycles. The number of likely N-dealkylation sites (N-methyl/N-ethyl adjacent to an activating group) is 1. The lowest BCUT2D eigenvalue weighted by Crippen LogP contribution is -2.39. The summed E-state index contributed by atoms with van der Waals surface area (Å²) in [6, 6.07) is 12.6. The van der Waals surface area contributed by atoms with Crippen LogP contribution in [0.15, 0.2) is 64.0 Å². The van der Waals surface area contributed by atoms with Gasteiger partial charge in [-0.15, -0.1) is 45.8 Å². The number of hydrogen-bond donors (Lipinski definition) is 0.